The van der Waals surface area contributed by atoms with Crippen molar-refractivity contribution in [3.05, 3.63) is 24.3 Å². The predicted octanol–water partition coefficient (Wildman–Crippen LogP) is 0.0189. The van der Waals surface area contributed by atoms with Gasteiger partial charge in [-0.3, -0.25) is 14.9 Å². The molecule has 2 amide bonds. The summed E-state index contributed by atoms with van der Waals surface area (Å²) in [5.74, 6) is -0.623. The van der Waals surface area contributed by atoms with E-state index in [1.165, 1.54) is 4.80 Å². The Bertz CT molecular complexity index is 556. The predicted molar refractivity (Wildman–Crippen MR) is 54.3 cm³/mol. The van der Waals surface area contributed by atoms with E-state index in [0.717, 1.165) is 11.0 Å². The third-order valence-corrected chi connectivity index (χ3v) is 2.52. The van der Waals surface area contributed by atoms with Crippen LogP contribution in [0, 0.1) is 0 Å². The fourth-order valence-electron chi connectivity index (χ4n) is 1.74. The molecule has 1 saturated heterocycles. The summed E-state index contributed by atoms with van der Waals surface area (Å²) in [6.45, 7) is 0. The first-order valence-corrected chi connectivity index (χ1v) is 4.89. The van der Waals surface area contributed by atoms with Crippen molar-refractivity contribution in [1.29, 1.82) is 0 Å². The average molecular weight is 216 g/mol. The van der Waals surface area contributed by atoms with E-state index >= 15 is 0 Å². The van der Waals surface area contributed by atoms with E-state index in [1.54, 1.807) is 0 Å². The number of hydrogen-bond donors (Lipinski definition) is 1. The number of rotatable bonds is 1. The molecule has 1 fully saturated rings. The SMILES string of the molecule is O=C1CC(n2nc3ccccc3n2)C(=O)N1. The van der Waals surface area contributed by atoms with Gasteiger partial charge in [-0.1, -0.05) is 12.1 Å². The Labute approximate surface area is 90.2 Å². The van der Waals surface area contributed by atoms with E-state index in [9.17, 15) is 9.59 Å². The molecule has 80 valence electrons. The summed E-state index contributed by atoms with van der Waals surface area (Å²) in [5.41, 5.74) is 1.43. The van der Waals surface area contributed by atoms with Crippen LogP contribution in [0.3, 0.4) is 0 Å². The van der Waals surface area contributed by atoms with Crippen molar-refractivity contribution < 1.29 is 9.59 Å². The summed E-state index contributed by atoms with van der Waals surface area (Å²) < 4.78 is 0. The van der Waals surface area contributed by atoms with E-state index < -0.39 is 6.04 Å². The van der Waals surface area contributed by atoms with Gasteiger partial charge in [0.1, 0.15) is 11.0 Å². The van der Waals surface area contributed by atoms with Crippen LogP contribution >= 0.6 is 0 Å². The van der Waals surface area contributed by atoms with E-state index in [-0.39, 0.29) is 18.2 Å². The smallest absolute Gasteiger partial charge is 0.253 e. The minimum atomic E-state index is -0.611. The van der Waals surface area contributed by atoms with Crippen molar-refractivity contribution in [2.75, 3.05) is 0 Å². The molecule has 1 aromatic carbocycles. The van der Waals surface area contributed by atoms with Crippen molar-refractivity contribution >= 4 is 22.8 Å². The Kier molecular flexibility index (Phi) is 1.76. The molecule has 0 saturated carbocycles. The van der Waals surface area contributed by atoms with Crippen LogP contribution < -0.4 is 5.32 Å². The number of nitrogens with zero attached hydrogens (tertiary/aromatic N) is 3. The Morgan fingerprint density at radius 1 is 1.19 bits per heavy atom. The average Bonchev–Trinajstić information content (AvgIpc) is 2.81. The van der Waals surface area contributed by atoms with Gasteiger partial charge >= 0.3 is 0 Å². The van der Waals surface area contributed by atoms with Crippen LogP contribution in [0.15, 0.2) is 24.3 Å². The maximum atomic E-state index is 11.4. The Morgan fingerprint density at radius 3 is 2.31 bits per heavy atom. The molecular weight excluding hydrogens is 208 g/mol. The second-order valence-electron chi connectivity index (χ2n) is 3.64. The van der Waals surface area contributed by atoms with Crippen LogP contribution in [0.2, 0.25) is 0 Å². The number of benzene rings is 1. The Balaban J connectivity index is 2.06. The number of hydrogen-bond acceptors (Lipinski definition) is 4. The zero-order valence-corrected chi connectivity index (χ0v) is 8.25. The maximum absolute atomic E-state index is 11.4. The molecule has 0 spiro atoms. The van der Waals surface area contributed by atoms with Gasteiger partial charge in [-0.2, -0.15) is 15.0 Å². The highest BCUT2D eigenvalue weighted by atomic mass is 16.2. The quantitative estimate of drug-likeness (QED) is 0.682. The first kappa shape index (κ1) is 9.02. The summed E-state index contributed by atoms with van der Waals surface area (Å²) in [6, 6.07) is 6.71. The number of nitrogens with one attached hydrogen (secondary N) is 1. The van der Waals surface area contributed by atoms with E-state index in [4.69, 9.17) is 0 Å². The fourth-order valence-corrected chi connectivity index (χ4v) is 1.74. The minimum absolute atomic E-state index is 0.111. The zero-order valence-electron chi connectivity index (χ0n) is 8.25. The van der Waals surface area contributed by atoms with Crippen molar-refractivity contribution in [3.63, 3.8) is 0 Å². The molecule has 16 heavy (non-hydrogen) atoms. The van der Waals surface area contributed by atoms with Gasteiger partial charge in [-0.05, 0) is 12.1 Å². The second kappa shape index (κ2) is 3.13. The first-order valence-electron chi connectivity index (χ1n) is 4.89. The lowest BCUT2D eigenvalue weighted by Crippen LogP contribution is -2.24. The lowest BCUT2D eigenvalue weighted by atomic mass is 10.3. The number of carbonyl (C=O) groups excluding carboxylic acids is 2. The molecule has 0 radical (unpaired) electrons. The summed E-state index contributed by atoms with van der Waals surface area (Å²) in [7, 11) is 0. The van der Waals surface area contributed by atoms with Gasteiger partial charge in [0.2, 0.25) is 5.91 Å². The number of carbonyl (C=O) groups is 2. The number of fused-ring (bicyclic) bond motifs is 1. The minimum Gasteiger partial charge on any atom is -0.294 e. The lowest BCUT2D eigenvalue weighted by molar-refractivity contribution is -0.125. The van der Waals surface area contributed by atoms with Gasteiger partial charge in [0.05, 0.1) is 6.42 Å². The van der Waals surface area contributed by atoms with Gasteiger partial charge in [0.25, 0.3) is 5.91 Å². The topological polar surface area (TPSA) is 76.9 Å². The molecular formula is C10H8N4O2. The molecule has 1 aliphatic rings. The third kappa shape index (κ3) is 1.27. The molecule has 0 bridgehead atoms. The van der Waals surface area contributed by atoms with Gasteiger partial charge in [0.15, 0.2) is 6.04 Å². The Hall–Kier alpha value is -2.24. The van der Waals surface area contributed by atoms with Crippen LogP contribution in [0.4, 0.5) is 0 Å². The molecule has 1 aliphatic heterocycles. The number of aromatic nitrogens is 3. The molecule has 1 aromatic heterocycles. The highest BCUT2D eigenvalue weighted by Crippen LogP contribution is 2.17. The molecule has 2 heterocycles. The molecule has 2 aromatic rings. The molecule has 1 atom stereocenters. The molecule has 1 unspecified atom stereocenters. The monoisotopic (exact) mass is 216 g/mol. The molecule has 1 N–H and O–H groups in total. The van der Waals surface area contributed by atoms with Crippen LogP contribution in [-0.4, -0.2) is 26.8 Å². The van der Waals surface area contributed by atoms with Crippen molar-refractivity contribution in [1.82, 2.24) is 20.3 Å². The normalized spacial score (nSPS) is 20.4. The van der Waals surface area contributed by atoms with Crippen molar-refractivity contribution in [2.45, 2.75) is 12.5 Å². The van der Waals surface area contributed by atoms with Gasteiger partial charge in [-0.25, -0.2) is 0 Å². The highest BCUT2D eigenvalue weighted by Gasteiger charge is 2.33. The van der Waals surface area contributed by atoms with Crippen LogP contribution in [0.1, 0.15) is 12.5 Å². The maximum Gasteiger partial charge on any atom is 0.253 e. The second-order valence-corrected chi connectivity index (χ2v) is 3.64. The summed E-state index contributed by atoms with van der Waals surface area (Å²) in [4.78, 5) is 23.8. The molecule has 6 nitrogen and oxygen atoms in total. The fraction of sp³-hybridized carbons (Fsp3) is 0.200. The van der Waals surface area contributed by atoms with E-state index in [0.29, 0.717) is 0 Å². The summed E-state index contributed by atoms with van der Waals surface area (Å²) in [5, 5.41) is 10.6. The van der Waals surface area contributed by atoms with Gasteiger partial charge in [-0.15, -0.1) is 0 Å². The van der Waals surface area contributed by atoms with Crippen LogP contribution in [0.25, 0.3) is 11.0 Å². The van der Waals surface area contributed by atoms with E-state index in [1.807, 2.05) is 24.3 Å². The lowest BCUT2D eigenvalue weighted by Gasteiger charge is -2.02. The highest BCUT2D eigenvalue weighted by molar-refractivity contribution is 6.04. The third-order valence-electron chi connectivity index (χ3n) is 2.52. The molecule has 6 heteroatoms. The summed E-state index contributed by atoms with van der Waals surface area (Å²) >= 11 is 0. The number of amides is 2. The van der Waals surface area contributed by atoms with E-state index in [2.05, 4.69) is 15.5 Å². The van der Waals surface area contributed by atoms with Crippen LogP contribution in [0.5, 0.6) is 0 Å². The summed E-state index contributed by atoms with van der Waals surface area (Å²) in [6.07, 6.45) is 0.111. The van der Waals surface area contributed by atoms with Crippen molar-refractivity contribution in [3.8, 4) is 0 Å². The molecule has 3 rings (SSSR count). The zero-order chi connectivity index (χ0) is 11.1. The van der Waals surface area contributed by atoms with Crippen LogP contribution in [-0.2, 0) is 9.59 Å². The largest absolute Gasteiger partial charge is 0.294 e. The molecule has 0 aliphatic carbocycles. The van der Waals surface area contributed by atoms with Gasteiger partial charge < -0.3 is 0 Å². The number of imide groups is 1. The Morgan fingerprint density at radius 2 is 1.81 bits per heavy atom. The van der Waals surface area contributed by atoms with Gasteiger partial charge in [0, 0.05) is 0 Å². The standard InChI is InChI=1S/C10H8N4O2/c15-9-5-8(10(16)11-9)14-12-6-3-1-2-4-7(6)13-14/h1-4,8H,5H2,(H,11,15,16). The first-order chi connectivity index (χ1) is 7.74. The van der Waals surface area contributed by atoms with Crippen molar-refractivity contribution in [2.24, 2.45) is 0 Å².